The van der Waals surface area contributed by atoms with Gasteiger partial charge in [-0.05, 0) is 31.0 Å². The monoisotopic (exact) mass is 319 g/mol. The number of fused-ring (bicyclic) bond motifs is 1. The molecule has 118 valence electrons. The van der Waals surface area contributed by atoms with Crippen LogP contribution in [0.3, 0.4) is 0 Å². The van der Waals surface area contributed by atoms with E-state index in [9.17, 15) is 4.79 Å². The van der Waals surface area contributed by atoms with Crippen LogP contribution in [0.4, 0.5) is 5.13 Å². The first-order valence-electron chi connectivity index (χ1n) is 7.51. The molecule has 2 aromatic rings. The third kappa shape index (κ3) is 2.88. The zero-order valence-corrected chi connectivity index (χ0v) is 14.0. The van der Waals surface area contributed by atoms with Crippen LogP contribution in [0.5, 0.6) is 5.75 Å². The summed E-state index contributed by atoms with van der Waals surface area (Å²) in [6.45, 7) is 3.52. The highest BCUT2D eigenvalue weighted by Crippen LogP contribution is 2.33. The molecule has 0 atom stereocenters. The molecule has 1 aromatic carbocycles. The molecule has 1 aromatic heterocycles. The first kappa shape index (κ1) is 15.1. The van der Waals surface area contributed by atoms with Gasteiger partial charge in [-0.2, -0.15) is 0 Å². The number of rotatable bonds is 3. The number of thiazole rings is 1. The van der Waals surface area contributed by atoms with Crippen molar-refractivity contribution in [2.45, 2.75) is 25.8 Å². The van der Waals surface area contributed by atoms with Crippen LogP contribution in [0, 0.1) is 0 Å². The molecule has 1 fully saturated rings. The summed E-state index contributed by atoms with van der Waals surface area (Å²) in [5.74, 6) is 1.01. The molecule has 3 rings (SSSR count). The Morgan fingerprint density at radius 3 is 2.77 bits per heavy atom. The third-order valence-corrected chi connectivity index (χ3v) is 5.44. The normalized spacial score (nSPS) is 16.0. The Morgan fingerprint density at radius 1 is 1.41 bits per heavy atom. The molecule has 0 saturated carbocycles. The Labute approximate surface area is 134 Å². The lowest BCUT2D eigenvalue weighted by Gasteiger charge is -2.36. The summed E-state index contributed by atoms with van der Waals surface area (Å²) < 4.78 is 6.42. The minimum atomic E-state index is 0.144. The molecular weight excluding hydrogens is 298 g/mol. The SMILES string of the molecule is COc1ccc2nc(N3CCC(N(C)C(C)=O)CC3)sc2c1. The quantitative estimate of drug-likeness (QED) is 0.873. The molecule has 1 saturated heterocycles. The van der Waals surface area contributed by atoms with Gasteiger partial charge in [0.25, 0.3) is 0 Å². The van der Waals surface area contributed by atoms with Crippen molar-refractivity contribution >= 4 is 32.6 Å². The Morgan fingerprint density at radius 2 is 2.14 bits per heavy atom. The highest BCUT2D eigenvalue weighted by molar-refractivity contribution is 7.22. The second kappa shape index (κ2) is 6.12. The molecule has 1 aliphatic rings. The minimum absolute atomic E-state index is 0.144. The van der Waals surface area contributed by atoms with E-state index in [4.69, 9.17) is 9.72 Å². The lowest BCUT2D eigenvalue weighted by atomic mass is 10.0. The first-order chi connectivity index (χ1) is 10.6. The summed E-state index contributed by atoms with van der Waals surface area (Å²) in [4.78, 5) is 20.4. The molecular formula is C16H21N3O2S. The summed E-state index contributed by atoms with van der Waals surface area (Å²) in [7, 11) is 3.58. The smallest absolute Gasteiger partial charge is 0.219 e. The first-order valence-corrected chi connectivity index (χ1v) is 8.33. The van der Waals surface area contributed by atoms with E-state index in [0.29, 0.717) is 6.04 Å². The van der Waals surface area contributed by atoms with Crippen molar-refractivity contribution in [2.75, 3.05) is 32.1 Å². The number of nitrogens with zero attached hydrogens (tertiary/aromatic N) is 3. The molecule has 0 bridgehead atoms. The number of piperidine rings is 1. The Kier molecular flexibility index (Phi) is 4.20. The van der Waals surface area contributed by atoms with E-state index in [2.05, 4.69) is 4.90 Å². The number of ether oxygens (including phenoxy) is 1. The fourth-order valence-corrected chi connectivity index (χ4v) is 3.90. The van der Waals surface area contributed by atoms with Crippen molar-refractivity contribution in [3.63, 3.8) is 0 Å². The van der Waals surface area contributed by atoms with Gasteiger partial charge in [0, 0.05) is 33.1 Å². The van der Waals surface area contributed by atoms with Crippen molar-refractivity contribution in [3.8, 4) is 5.75 Å². The van der Waals surface area contributed by atoms with Crippen LogP contribution in [0.2, 0.25) is 0 Å². The zero-order chi connectivity index (χ0) is 15.7. The Balaban J connectivity index is 1.72. The van der Waals surface area contributed by atoms with Crippen molar-refractivity contribution in [3.05, 3.63) is 18.2 Å². The number of carbonyl (C=O) groups excluding carboxylic acids is 1. The van der Waals surface area contributed by atoms with E-state index in [-0.39, 0.29) is 5.91 Å². The van der Waals surface area contributed by atoms with Crippen molar-refractivity contribution < 1.29 is 9.53 Å². The average molecular weight is 319 g/mol. The Hall–Kier alpha value is -1.82. The molecule has 5 nitrogen and oxygen atoms in total. The summed E-state index contributed by atoms with van der Waals surface area (Å²) in [6, 6.07) is 6.33. The topological polar surface area (TPSA) is 45.7 Å². The lowest BCUT2D eigenvalue weighted by Crippen LogP contribution is -2.45. The van der Waals surface area contributed by atoms with Crippen LogP contribution in [0.15, 0.2) is 18.2 Å². The van der Waals surface area contributed by atoms with Crippen LogP contribution in [0.25, 0.3) is 10.2 Å². The average Bonchev–Trinajstić information content (AvgIpc) is 2.97. The van der Waals surface area contributed by atoms with E-state index >= 15 is 0 Å². The lowest BCUT2D eigenvalue weighted by molar-refractivity contribution is -0.129. The van der Waals surface area contributed by atoms with Crippen LogP contribution in [0.1, 0.15) is 19.8 Å². The maximum absolute atomic E-state index is 11.5. The highest BCUT2D eigenvalue weighted by atomic mass is 32.1. The predicted octanol–water partition coefficient (Wildman–Crippen LogP) is 2.75. The van der Waals surface area contributed by atoms with Gasteiger partial charge < -0.3 is 14.5 Å². The number of hydrogen-bond donors (Lipinski definition) is 0. The van der Waals surface area contributed by atoms with E-state index in [0.717, 1.165) is 47.0 Å². The molecule has 0 aliphatic carbocycles. The molecule has 6 heteroatoms. The van der Waals surface area contributed by atoms with Crippen molar-refractivity contribution in [1.82, 2.24) is 9.88 Å². The number of anilines is 1. The number of aromatic nitrogens is 1. The summed E-state index contributed by atoms with van der Waals surface area (Å²) in [6.07, 6.45) is 1.99. The van der Waals surface area contributed by atoms with Crippen LogP contribution in [-0.4, -0.2) is 49.1 Å². The van der Waals surface area contributed by atoms with E-state index in [1.165, 1.54) is 0 Å². The van der Waals surface area contributed by atoms with Gasteiger partial charge in [-0.1, -0.05) is 11.3 Å². The van der Waals surface area contributed by atoms with Crippen LogP contribution >= 0.6 is 11.3 Å². The maximum atomic E-state index is 11.5. The van der Waals surface area contributed by atoms with Gasteiger partial charge in [0.15, 0.2) is 5.13 Å². The van der Waals surface area contributed by atoms with E-state index in [1.54, 1.807) is 25.4 Å². The molecule has 1 aliphatic heterocycles. The number of carbonyl (C=O) groups is 1. The van der Waals surface area contributed by atoms with Gasteiger partial charge in [0.05, 0.1) is 17.3 Å². The second-order valence-electron chi connectivity index (χ2n) is 5.68. The molecule has 2 heterocycles. The number of benzene rings is 1. The maximum Gasteiger partial charge on any atom is 0.219 e. The number of hydrogen-bond acceptors (Lipinski definition) is 5. The minimum Gasteiger partial charge on any atom is -0.497 e. The van der Waals surface area contributed by atoms with E-state index in [1.807, 2.05) is 30.1 Å². The molecule has 1 amide bonds. The van der Waals surface area contributed by atoms with Crippen molar-refractivity contribution in [1.29, 1.82) is 0 Å². The van der Waals surface area contributed by atoms with Crippen molar-refractivity contribution in [2.24, 2.45) is 0 Å². The van der Waals surface area contributed by atoms with Gasteiger partial charge in [0.2, 0.25) is 5.91 Å². The Bertz CT molecular complexity index is 677. The second-order valence-corrected chi connectivity index (χ2v) is 6.69. The fraction of sp³-hybridized carbons (Fsp3) is 0.500. The molecule has 0 N–H and O–H groups in total. The van der Waals surface area contributed by atoms with E-state index < -0.39 is 0 Å². The summed E-state index contributed by atoms with van der Waals surface area (Å²) in [5.41, 5.74) is 1.02. The third-order valence-electron chi connectivity index (χ3n) is 4.36. The summed E-state index contributed by atoms with van der Waals surface area (Å²) >= 11 is 1.70. The van der Waals surface area contributed by atoms with Crippen LogP contribution < -0.4 is 9.64 Å². The predicted molar refractivity (Wildman–Crippen MR) is 89.9 cm³/mol. The number of methoxy groups -OCH3 is 1. The molecule has 0 radical (unpaired) electrons. The van der Waals surface area contributed by atoms with Gasteiger partial charge in [-0.15, -0.1) is 0 Å². The van der Waals surface area contributed by atoms with Crippen LogP contribution in [-0.2, 0) is 4.79 Å². The highest BCUT2D eigenvalue weighted by Gasteiger charge is 2.25. The molecule has 22 heavy (non-hydrogen) atoms. The largest absolute Gasteiger partial charge is 0.497 e. The summed E-state index contributed by atoms with van der Waals surface area (Å²) in [5, 5.41) is 1.06. The van der Waals surface area contributed by atoms with Gasteiger partial charge in [-0.3, -0.25) is 4.79 Å². The standard InChI is InChI=1S/C16H21N3O2S/c1-11(20)18(2)12-6-8-19(9-7-12)16-17-14-5-4-13(21-3)10-15(14)22-16/h4-5,10,12H,6-9H2,1-3H3. The molecule has 0 unspecified atom stereocenters. The molecule has 0 spiro atoms. The van der Waals surface area contributed by atoms with Gasteiger partial charge in [-0.25, -0.2) is 4.98 Å². The zero-order valence-electron chi connectivity index (χ0n) is 13.2. The van der Waals surface area contributed by atoms with Gasteiger partial charge in [0.1, 0.15) is 5.75 Å². The number of amides is 1. The van der Waals surface area contributed by atoms with Gasteiger partial charge >= 0.3 is 0 Å². The fourth-order valence-electron chi connectivity index (χ4n) is 2.86.